The quantitative estimate of drug-likeness (QED) is 0.761. The number of nitrogens with zero attached hydrogens (tertiary/aromatic N) is 1. The fourth-order valence-electron chi connectivity index (χ4n) is 3.26. The molecule has 3 heteroatoms. The molecule has 1 aliphatic heterocycles. The van der Waals surface area contributed by atoms with E-state index in [0.717, 1.165) is 24.9 Å². The number of aliphatic hydroxyl groups excluding tert-OH is 1. The van der Waals surface area contributed by atoms with E-state index < -0.39 is 5.54 Å². The van der Waals surface area contributed by atoms with Crippen LogP contribution in [0.5, 0.6) is 0 Å². The van der Waals surface area contributed by atoms with Crippen LogP contribution in [0.1, 0.15) is 45.4 Å². The summed E-state index contributed by atoms with van der Waals surface area (Å²) in [5.74, 6) is 0.951. The van der Waals surface area contributed by atoms with Gasteiger partial charge in [0.2, 0.25) is 0 Å². The summed E-state index contributed by atoms with van der Waals surface area (Å²) in [4.78, 5) is 2.62. The van der Waals surface area contributed by atoms with Gasteiger partial charge in [-0.2, -0.15) is 0 Å². The molecule has 3 N–H and O–H groups in total. The van der Waals surface area contributed by atoms with Gasteiger partial charge >= 0.3 is 0 Å². The first-order chi connectivity index (χ1) is 7.62. The zero-order chi connectivity index (χ0) is 11.6. The SMILES string of the molecule is CC(N)(CO)CCN1CCC2CCCCC21. The van der Waals surface area contributed by atoms with E-state index in [1.807, 2.05) is 6.92 Å². The third-order valence-corrected chi connectivity index (χ3v) is 4.46. The number of hydrogen-bond donors (Lipinski definition) is 2. The highest BCUT2D eigenvalue weighted by Crippen LogP contribution is 2.36. The van der Waals surface area contributed by atoms with Crippen LogP contribution in [-0.4, -0.2) is 41.3 Å². The van der Waals surface area contributed by atoms with E-state index in [2.05, 4.69) is 4.90 Å². The largest absolute Gasteiger partial charge is 0.394 e. The van der Waals surface area contributed by atoms with Crippen molar-refractivity contribution in [2.75, 3.05) is 19.7 Å². The molecular formula is C13H26N2O. The lowest BCUT2D eigenvalue weighted by molar-refractivity contribution is 0.146. The maximum absolute atomic E-state index is 9.16. The monoisotopic (exact) mass is 226 g/mol. The molecule has 3 unspecified atom stereocenters. The number of likely N-dealkylation sites (tertiary alicyclic amines) is 1. The molecule has 3 nitrogen and oxygen atoms in total. The molecule has 0 bridgehead atoms. The molecule has 0 aromatic carbocycles. The van der Waals surface area contributed by atoms with E-state index >= 15 is 0 Å². The van der Waals surface area contributed by atoms with Crippen molar-refractivity contribution in [3.8, 4) is 0 Å². The Morgan fingerprint density at radius 3 is 2.81 bits per heavy atom. The zero-order valence-electron chi connectivity index (χ0n) is 10.5. The van der Waals surface area contributed by atoms with Crippen molar-refractivity contribution in [2.45, 2.75) is 57.0 Å². The third-order valence-electron chi connectivity index (χ3n) is 4.46. The summed E-state index contributed by atoms with van der Waals surface area (Å²) in [6.07, 6.45) is 7.93. The van der Waals surface area contributed by atoms with Crippen molar-refractivity contribution in [2.24, 2.45) is 11.7 Å². The van der Waals surface area contributed by atoms with Gasteiger partial charge in [0.1, 0.15) is 0 Å². The minimum absolute atomic E-state index is 0.0922. The molecule has 3 atom stereocenters. The van der Waals surface area contributed by atoms with E-state index in [1.54, 1.807) is 0 Å². The fourth-order valence-corrected chi connectivity index (χ4v) is 3.26. The van der Waals surface area contributed by atoms with E-state index in [-0.39, 0.29) is 6.61 Å². The highest BCUT2D eigenvalue weighted by atomic mass is 16.3. The molecule has 0 spiro atoms. The minimum Gasteiger partial charge on any atom is -0.394 e. The molecule has 0 aromatic heterocycles. The topological polar surface area (TPSA) is 49.5 Å². The highest BCUT2D eigenvalue weighted by molar-refractivity contribution is 4.91. The smallest absolute Gasteiger partial charge is 0.0608 e. The molecule has 0 aromatic rings. The molecular weight excluding hydrogens is 200 g/mol. The first kappa shape index (κ1) is 12.3. The summed E-state index contributed by atoms with van der Waals surface area (Å²) in [5.41, 5.74) is 5.59. The molecule has 2 fully saturated rings. The first-order valence-corrected chi connectivity index (χ1v) is 6.76. The number of hydrogen-bond acceptors (Lipinski definition) is 3. The summed E-state index contributed by atoms with van der Waals surface area (Å²) < 4.78 is 0. The van der Waals surface area contributed by atoms with Gasteiger partial charge in [0.25, 0.3) is 0 Å². The maximum Gasteiger partial charge on any atom is 0.0608 e. The average molecular weight is 226 g/mol. The standard InChI is InChI=1S/C13H26N2O/c1-13(14,10-16)7-9-15-8-6-11-4-2-3-5-12(11)15/h11-12,16H,2-10,14H2,1H3. The summed E-state index contributed by atoms with van der Waals surface area (Å²) in [5, 5.41) is 9.16. The Bertz CT molecular complexity index is 230. The third kappa shape index (κ3) is 2.76. The van der Waals surface area contributed by atoms with Crippen LogP contribution in [0, 0.1) is 5.92 Å². The lowest BCUT2D eigenvalue weighted by atomic mass is 9.85. The second-order valence-electron chi connectivity index (χ2n) is 6.00. The van der Waals surface area contributed by atoms with Gasteiger partial charge in [-0.05, 0) is 45.1 Å². The number of fused-ring (bicyclic) bond motifs is 1. The van der Waals surface area contributed by atoms with E-state index in [1.165, 1.54) is 38.6 Å². The van der Waals surface area contributed by atoms with Crippen molar-refractivity contribution in [1.82, 2.24) is 4.90 Å². The number of rotatable bonds is 4. The van der Waals surface area contributed by atoms with Gasteiger partial charge in [-0.1, -0.05) is 12.8 Å². The fraction of sp³-hybridized carbons (Fsp3) is 1.00. The van der Waals surface area contributed by atoms with Crippen molar-refractivity contribution in [1.29, 1.82) is 0 Å². The second kappa shape index (κ2) is 5.03. The Morgan fingerprint density at radius 1 is 1.31 bits per heavy atom. The Balaban J connectivity index is 1.82. The summed E-state index contributed by atoms with van der Waals surface area (Å²) in [6, 6.07) is 0.822. The van der Waals surface area contributed by atoms with Crippen LogP contribution in [0.2, 0.25) is 0 Å². The van der Waals surface area contributed by atoms with Crippen LogP contribution in [-0.2, 0) is 0 Å². The number of nitrogens with two attached hydrogens (primary N) is 1. The van der Waals surface area contributed by atoms with Gasteiger partial charge in [-0.25, -0.2) is 0 Å². The lowest BCUT2D eigenvalue weighted by Gasteiger charge is -2.33. The van der Waals surface area contributed by atoms with Crippen LogP contribution in [0.15, 0.2) is 0 Å². The van der Waals surface area contributed by atoms with Gasteiger partial charge in [0.15, 0.2) is 0 Å². The van der Waals surface area contributed by atoms with Crippen molar-refractivity contribution >= 4 is 0 Å². The molecule has 2 aliphatic rings. The molecule has 94 valence electrons. The molecule has 0 amide bonds. The number of aliphatic hydroxyl groups is 1. The second-order valence-corrected chi connectivity index (χ2v) is 6.00. The minimum atomic E-state index is -0.396. The summed E-state index contributed by atoms with van der Waals surface area (Å²) in [7, 11) is 0. The molecule has 2 rings (SSSR count). The van der Waals surface area contributed by atoms with Crippen molar-refractivity contribution < 1.29 is 5.11 Å². The van der Waals surface area contributed by atoms with E-state index in [0.29, 0.717) is 0 Å². The molecule has 0 radical (unpaired) electrons. The van der Waals surface area contributed by atoms with Crippen molar-refractivity contribution in [3.63, 3.8) is 0 Å². The molecule has 1 saturated heterocycles. The van der Waals surface area contributed by atoms with Gasteiger partial charge in [0.05, 0.1) is 6.61 Å². The Hall–Kier alpha value is -0.120. The molecule has 1 aliphatic carbocycles. The van der Waals surface area contributed by atoms with Crippen molar-refractivity contribution in [3.05, 3.63) is 0 Å². The first-order valence-electron chi connectivity index (χ1n) is 6.76. The molecule has 1 heterocycles. The zero-order valence-corrected chi connectivity index (χ0v) is 10.5. The normalized spacial score (nSPS) is 34.7. The van der Waals surface area contributed by atoms with Crippen LogP contribution in [0.25, 0.3) is 0 Å². The maximum atomic E-state index is 9.16. The predicted molar refractivity (Wildman–Crippen MR) is 66.2 cm³/mol. The summed E-state index contributed by atoms with van der Waals surface area (Å²) >= 11 is 0. The van der Waals surface area contributed by atoms with Crippen LogP contribution in [0.3, 0.4) is 0 Å². The van der Waals surface area contributed by atoms with Gasteiger partial charge < -0.3 is 15.7 Å². The van der Waals surface area contributed by atoms with Crippen LogP contribution in [0.4, 0.5) is 0 Å². The van der Waals surface area contributed by atoms with Gasteiger partial charge in [-0.3, -0.25) is 0 Å². The summed E-state index contributed by atoms with van der Waals surface area (Å²) in [6.45, 7) is 4.35. The van der Waals surface area contributed by atoms with Crippen LogP contribution < -0.4 is 5.73 Å². The molecule has 1 saturated carbocycles. The van der Waals surface area contributed by atoms with Crippen LogP contribution >= 0.6 is 0 Å². The molecule has 16 heavy (non-hydrogen) atoms. The van der Waals surface area contributed by atoms with E-state index in [9.17, 15) is 0 Å². The highest BCUT2D eigenvalue weighted by Gasteiger charge is 2.35. The van der Waals surface area contributed by atoms with E-state index in [4.69, 9.17) is 10.8 Å². The van der Waals surface area contributed by atoms with Gasteiger partial charge in [0, 0.05) is 18.1 Å². The lowest BCUT2D eigenvalue weighted by Crippen LogP contribution is -2.45. The Morgan fingerprint density at radius 2 is 2.06 bits per heavy atom. The van der Waals surface area contributed by atoms with Gasteiger partial charge in [-0.15, -0.1) is 0 Å². The predicted octanol–water partition coefficient (Wildman–Crippen LogP) is 1.35. The average Bonchev–Trinajstić information content (AvgIpc) is 2.70. The Kier molecular flexibility index (Phi) is 3.88. The Labute approximate surface area is 99.0 Å².